The van der Waals surface area contributed by atoms with Crippen LogP contribution in [0.4, 0.5) is 4.39 Å². The number of nitrogens with one attached hydrogen (secondary N) is 2. The van der Waals surface area contributed by atoms with Crippen LogP contribution in [-0.2, 0) is 16.0 Å². The number of aromatic amines is 1. The number of thioether (sulfide) groups is 1. The van der Waals surface area contributed by atoms with E-state index in [1.165, 1.54) is 28.8 Å². The number of fused-ring (bicyclic) bond motifs is 2. The molecule has 2 N–H and O–H groups in total. The summed E-state index contributed by atoms with van der Waals surface area (Å²) in [5.41, 5.74) is 2.73. The lowest BCUT2D eigenvalue weighted by molar-refractivity contribution is -0.131. The van der Waals surface area contributed by atoms with E-state index in [2.05, 4.69) is 16.4 Å². The number of para-hydroxylation sites is 1. The van der Waals surface area contributed by atoms with E-state index in [-0.39, 0.29) is 34.8 Å². The summed E-state index contributed by atoms with van der Waals surface area (Å²) in [7, 11) is 1.80. The van der Waals surface area contributed by atoms with Gasteiger partial charge < -0.3 is 15.2 Å². The number of hydrogen-bond donors (Lipinski definition) is 2. The molecule has 3 aromatic rings. The number of amides is 2. The van der Waals surface area contributed by atoms with Crippen LogP contribution >= 0.6 is 11.8 Å². The summed E-state index contributed by atoms with van der Waals surface area (Å²) in [6.07, 6.45) is 6.73. The van der Waals surface area contributed by atoms with Gasteiger partial charge in [0.05, 0.1) is 4.91 Å². The average Bonchev–Trinajstić information content (AvgIpc) is 3.26. The lowest BCUT2D eigenvalue weighted by Crippen LogP contribution is -2.52. The first-order chi connectivity index (χ1) is 16.5. The molecule has 7 heteroatoms. The first-order valence-corrected chi connectivity index (χ1v) is 12.6. The molecule has 0 bridgehead atoms. The van der Waals surface area contributed by atoms with E-state index < -0.39 is 0 Å². The smallest absolute Gasteiger partial charge is 0.260 e. The second kappa shape index (κ2) is 9.66. The molecule has 2 heterocycles. The van der Waals surface area contributed by atoms with Crippen LogP contribution in [0.15, 0.2) is 59.6 Å². The molecule has 2 aromatic carbocycles. The zero-order valence-electron chi connectivity index (χ0n) is 19.1. The van der Waals surface area contributed by atoms with Gasteiger partial charge in [-0.15, -0.1) is 11.8 Å². The summed E-state index contributed by atoms with van der Waals surface area (Å²) in [5.74, 6) is -0.468. The Bertz CT molecular complexity index is 1250. The van der Waals surface area contributed by atoms with E-state index in [0.717, 1.165) is 24.8 Å². The largest absolute Gasteiger partial charge is 0.361 e. The minimum Gasteiger partial charge on any atom is -0.361 e. The lowest BCUT2D eigenvalue weighted by Gasteiger charge is -2.44. The van der Waals surface area contributed by atoms with Gasteiger partial charge in [-0.3, -0.25) is 9.59 Å². The van der Waals surface area contributed by atoms with Crippen molar-refractivity contribution in [3.05, 3.63) is 76.6 Å². The van der Waals surface area contributed by atoms with Crippen molar-refractivity contribution in [3.8, 4) is 0 Å². The Kier molecular flexibility index (Phi) is 6.46. The highest BCUT2D eigenvalue weighted by Crippen LogP contribution is 2.43. The van der Waals surface area contributed by atoms with Crippen LogP contribution in [0.25, 0.3) is 17.0 Å². The third-order valence-electron chi connectivity index (χ3n) is 6.99. The van der Waals surface area contributed by atoms with Gasteiger partial charge in [0.25, 0.3) is 5.91 Å². The van der Waals surface area contributed by atoms with Gasteiger partial charge in [0.15, 0.2) is 0 Å². The molecular formula is C27H28FN3O2S. The van der Waals surface area contributed by atoms with Gasteiger partial charge in [0, 0.05) is 53.5 Å². The van der Waals surface area contributed by atoms with E-state index in [9.17, 15) is 14.0 Å². The third-order valence-corrected chi connectivity index (χ3v) is 8.39. The van der Waals surface area contributed by atoms with Crippen molar-refractivity contribution < 1.29 is 14.0 Å². The standard InChI is InChI=1S/C27H28FN3O2S/c1-31-23-14-18(26(32)29-13-12-19-16-30-22-9-5-3-7-20(19)22)10-11-24(23)34-25(27(31)33)15-17-6-2-4-8-21(17)28/h2-9,15-16,18,23-24,30H,10-14H2,1H3,(H,29,32)/b25-15-. The van der Waals surface area contributed by atoms with Crippen LogP contribution in [0, 0.1) is 11.7 Å². The predicted molar refractivity (Wildman–Crippen MR) is 135 cm³/mol. The van der Waals surface area contributed by atoms with Gasteiger partial charge >= 0.3 is 0 Å². The molecule has 1 aliphatic heterocycles. The van der Waals surface area contributed by atoms with Gasteiger partial charge in [-0.05, 0) is 49.5 Å². The van der Waals surface area contributed by atoms with Gasteiger partial charge in [-0.2, -0.15) is 0 Å². The van der Waals surface area contributed by atoms with E-state index in [0.29, 0.717) is 23.4 Å². The van der Waals surface area contributed by atoms with Crippen LogP contribution in [0.2, 0.25) is 0 Å². The van der Waals surface area contributed by atoms with Crippen molar-refractivity contribution in [1.82, 2.24) is 15.2 Å². The zero-order valence-corrected chi connectivity index (χ0v) is 19.9. The number of H-pyrrole nitrogens is 1. The summed E-state index contributed by atoms with van der Waals surface area (Å²) in [6, 6.07) is 14.7. The minimum atomic E-state index is -0.332. The number of aromatic nitrogens is 1. The summed E-state index contributed by atoms with van der Waals surface area (Å²) in [6.45, 7) is 0.588. The van der Waals surface area contributed by atoms with Gasteiger partial charge in [0.1, 0.15) is 5.82 Å². The number of nitrogens with zero attached hydrogens (tertiary/aromatic N) is 1. The molecule has 5 rings (SSSR count). The van der Waals surface area contributed by atoms with E-state index in [4.69, 9.17) is 0 Å². The van der Waals surface area contributed by atoms with Crippen molar-refractivity contribution in [3.63, 3.8) is 0 Å². The molecular weight excluding hydrogens is 449 g/mol. The van der Waals surface area contributed by atoms with Crippen molar-refractivity contribution in [2.45, 2.75) is 37.0 Å². The third kappa shape index (κ3) is 4.49. The summed E-state index contributed by atoms with van der Waals surface area (Å²) >= 11 is 1.53. The second-order valence-corrected chi connectivity index (χ2v) is 10.4. The SMILES string of the molecule is CN1C(=O)/C(=C/c2ccccc2F)SC2CCC(C(=O)NCCc3c[nH]c4ccccc34)CC21. The van der Waals surface area contributed by atoms with Gasteiger partial charge in [-0.1, -0.05) is 36.4 Å². The molecule has 1 saturated heterocycles. The number of likely N-dealkylation sites (N-methyl/N-ethyl adjacent to an activating group) is 1. The van der Waals surface area contributed by atoms with Crippen molar-refractivity contribution >= 4 is 40.6 Å². The number of hydrogen-bond acceptors (Lipinski definition) is 3. The Balaban J connectivity index is 1.19. The van der Waals surface area contributed by atoms with Crippen LogP contribution < -0.4 is 5.32 Å². The molecule has 1 aromatic heterocycles. The Morgan fingerprint density at radius 2 is 2.00 bits per heavy atom. The quantitative estimate of drug-likeness (QED) is 0.522. The van der Waals surface area contributed by atoms with Gasteiger partial charge in [0.2, 0.25) is 5.91 Å². The van der Waals surface area contributed by atoms with Crippen molar-refractivity contribution in [2.24, 2.45) is 5.92 Å². The Morgan fingerprint density at radius 3 is 2.85 bits per heavy atom. The number of carbonyl (C=O) groups excluding carboxylic acids is 2. The highest BCUT2D eigenvalue weighted by atomic mass is 32.2. The van der Waals surface area contributed by atoms with Crippen LogP contribution in [0.1, 0.15) is 30.4 Å². The fourth-order valence-electron chi connectivity index (χ4n) is 5.07. The molecule has 176 valence electrons. The topological polar surface area (TPSA) is 65.2 Å². The van der Waals surface area contributed by atoms with Crippen molar-refractivity contribution in [1.29, 1.82) is 0 Å². The number of benzene rings is 2. The highest BCUT2D eigenvalue weighted by molar-refractivity contribution is 8.04. The fourth-order valence-corrected chi connectivity index (χ4v) is 6.54. The summed E-state index contributed by atoms with van der Waals surface area (Å²) < 4.78 is 14.1. The molecule has 34 heavy (non-hydrogen) atoms. The maximum Gasteiger partial charge on any atom is 0.260 e. The minimum absolute atomic E-state index is 0.00777. The maximum atomic E-state index is 14.1. The van der Waals surface area contributed by atoms with E-state index >= 15 is 0 Å². The molecule has 0 radical (unpaired) electrons. The molecule has 2 fully saturated rings. The molecule has 5 nitrogen and oxygen atoms in total. The molecule has 2 amide bonds. The Hall–Kier alpha value is -3.06. The average molecular weight is 478 g/mol. The molecule has 3 atom stereocenters. The molecule has 3 unspecified atom stereocenters. The Labute approximate surface area is 202 Å². The fraction of sp³-hybridized carbons (Fsp3) is 0.333. The molecule has 1 saturated carbocycles. The van der Waals surface area contributed by atoms with E-state index in [1.807, 2.05) is 24.4 Å². The molecule has 2 aliphatic rings. The lowest BCUT2D eigenvalue weighted by atomic mass is 9.83. The first-order valence-electron chi connectivity index (χ1n) is 11.7. The number of halogens is 1. The number of rotatable bonds is 5. The maximum absolute atomic E-state index is 14.1. The number of carbonyl (C=O) groups is 2. The predicted octanol–water partition coefficient (Wildman–Crippen LogP) is 4.75. The van der Waals surface area contributed by atoms with Crippen molar-refractivity contribution in [2.75, 3.05) is 13.6 Å². The monoisotopic (exact) mass is 477 g/mol. The zero-order chi connectivity index (χ0) is 23.7. The summed E-state index contributed by atoms with van der Waals surface area (Å²) in [4.78, 5) is 31.5. The first kappa shape index (κ1) is 22.7. The van der Waals surface area contributed by atoms with Crippen LogP contribution in [-0.4, -0.2) is 46.6 Å². The second-order valence-electron chi connectivity index (χ2n) is 9.08. The van der Waals surface area contributed by atoms with Gasteiger partial charge in [-0.25, -0.2) is 4.39 Å². The highest BCUT2D eigenvalue weighted by Gasteiger charge is 2.42. The molecule has 1 aliphatic carbocycles. The normalized spacial score (nSPS) is 23.8. The van der Waals surface area contributed by atoms with E-state index in [1.54, 1.807) is 36.2 Å². The summed E-state index contributed by atoms with van der Waals surface area (Å²) in [5, 5.41) is 4.52. The Morgan fingerprint density at radius 1 is 1.21 bits per heavy atom. The molecule has 0 spiro atoms. The van der Waals surface area contributed by atoms with Crippen LogP contribution in [0.5, 0.6) is 0 Å². The van der Waals surface area contributed by atoms with Crippen LogP contribution in [0.3, 0.4) is 0 Å².